The highest BCUT2D eigenvalue weighted by Gasteiger charge is 2.11. The second-order valence-corrected chi connectivity index (χ2v) is 4.74. The van der Waals surface area contributed by atoms with Gasteiger partial charge in [-0.3, -0.25) is 9.59 Å². The molecular formula is C14H19N3O3. The van der Waals surface area contributed by atoms with Crippen molar-refractivity contribution in [3.8, 4) is 0 Å². The standard InChI is InChI=1S/C14H19N3O3/c15-9-13(19)20-12(18)5-1-4-11-7-6-10-3-2-8-16-14(10)17-11/h6-7H,1-5,8-9,15H2,(H,16,17). The summed E-state index contributed by atoms with van der Waals surface area (Å²) in [5.41, 5.74) is 7.25. The zero-order chi connectivity index (χ0) is 14.4. The quantitative estimate of drug-likeness (QED) is 0.610. The third kappa shape index (κ3) is 4.03. The molecule has 0 saturated heterocycles. The van der Waals surface area contributed by atoms with Gasteiger partial charge in [0, 0.05) is 18.7 Å². The van der Waals surface area contributed by atoms with Crippen molar-refractivity contribution in [2.24, 2.45) is 5.73 Å². The van der Waals surface area contributed by atoms with Gasteiger partial charge in [-0.1, -0.05) is 6.07 Å². The molecule has 0 amide bonds. The van der Waals surface area contributed by atoms with Crippen molar-refractivity contribution < 1.29 is 14.3 Å². The van der Waals surface area contributed by atoms with E-state index in [0.717, 1.165) is 30.9 Å². The Morgan fingerprint density at radius 1 is 1.35 bits per heavy atom. The molecule has 6 heteroatoms. The van der Waals surface area contributed by atoms with E-state index in [4.69, 9.17) is 5.73 Å². The lowest BCUT2D eigenvalue weighted by atomic mass is 10.1. The van der Waals surface area contributed by atoms with Crippen molar-refractivity contribution in [2.75, 3.05) is 18.4 Å². The highest BCUT2D eigenvalue weighted by molar-refractivity contribution is 5.86. The lowest BCUT2D eigenvalue weighted by Gasteiger charge is -2.17. The maximum Gasteiger partial charge on any atom is 0.327 e. The summed E-state index contributed by atoms with van der Waals surface area (Å²) < 4.78 is 4.49. The highest BCUT2D eigenvalue weighted by atomic mass is 16.6. The molecule has 2 rings (SSSR count). The van der Waals surface area contributed by atoms with Crippen LogP contribution < -0.4 is 11.1 Å². The monoisotopic (exact) mass is 277 g/mol. The molecule has 0 spiro atoms. The van der Waals surface area contributed by atoms with Crippen LogP contribution in [0.3, 0.4) is 0 Å². The predicted octanol–water partition coefficient (Wildman–Crippen LogP) is 0.791. The van der Waals surface area contributed by atoms with Crippen molar-refractivity contribution in [3.05, 3.63) is 23.4 Å². The number of pyridine rings is 1. The van der Waals surface area contributed by atoms with Gasteiger partial charge in [0.1, 0.15) is 5.82 Å². The lowest BCUT2D eigenvalue weighted by Crippen LogP contribution is -2.20. The molecule has 1 aromatic heterocycles. The van der Waals surface area contributed by atoms with E-state index in [2.05, 4.69) is 21.1 Å². The zero-order valence-corrected chi connectivity index (χ0v) is 11.4. The molecule has 0 atom stereocenters. The molecule has 0 fully saturated rings. The normalized spacial score (nSPS) is 13.2. The first kappa shape index (κ1) is 14.5. The minimum atomic E-state index is -0.689. The Balaban J connectivity index is 1.79. The van der Waals surface area contributed by atoms with E-state index in [0.29, 0.717) is 12.8 Å². The van der Waals surface area contributed by atoms with E-state index in [1.165, 1.54) is 5.56 Å². The van der Waals surface area contributed by atoms with Gasteiger partial charge in [0.05, 0.1) is 6.54 Å². The lowest BCUT2D eigenvalue weighted by molar-refractivity contribution is -0.158. The number of aryl methyl sites for hydroxylation is 2. The molecule has 6 nitrogen and oxygen atoms in total. The molecule has 108 valence electrons. The second kappa shape index (κ2) is 7.00. The van der Waals surface area contributed by atoms with E-state index in [-0.39, 0.29) is 13.0 Å². The zero-order valence-electron chi connectivity index (χ0n) is 11.4. The summed E-state index contributed by atoms with van der Waals surface area (Å²) in [6, 6.07) is 4.07. The molecule has 0 radical (unpaired) electrons. The summed E-state index contributed by atoms with van der Waals surface area (Å²) in [6.45, 7) is 0.681. The van der Waals surface area contributed by atoms with E-state index in [9.17, 15) is 9.59 Å². The van der Waals surface area contributed by atoms with E-state index in [1.54, 1.807) is 0 Å². The third-order valence-corrected chi connectivity index (χ3v) is 3.16. The van der Waals surface area contributed by atoms with Gasteiger partial charge >= 0.3 is 11.9 Å². The molecule has 1 aliphatic rings. The van der Waals surface area contributed by atoms with Crippen LogP contribution in [0.2, 0.25) is 0 Å². The van der Waals surface area contributed by atoms with Crippen molar-refractivity contribution >= 4 is 17.8 Å². The van der Waals surface area contributed by atoms with Crippen LogP contribution in [0.25, 0.3) is 0 Å². The van der Waals surface area contributed by atoms with E-state index >= 15 is 0 Å². The summed E-state index contributed by atoms with van der Waals surface area (Å²) >= 11 is 0. The number of nitrogens with zero attached hydrogens (tertiary/aromatic N) is 1. The number of ether oxygens (including phenoxy) is 1. The van der Waals surface area contributed by atoms with Gasteiger partial charge in [-0.25, -0.2) is 4.98 Å². The van der Waals surface area contributed by atoms with Crippen LogP contribution in [0.1, 0.15) is 30.5 Å². The van der Waals surface area contributed by atoms with E-state index in [1.807, 2.05) is 6.07 Å². The molecule has 0 saturated carbocycles. The highest BCUT2D eigenvalue weighted by Crippen LogP contribution is 2.20. The van der Waals surface area contributed by atoms with Crippen molar-refractivity contribution in [2.45, 2.75) is 32.1 Å². The SMILES string of the molecule is NCC(=O)OC(=O)CCCc1ccc2c(n1)NCCC2. The Labute approximate surface area is 117 Å². The molecule has 0 aromatic carbocycles. The van der Waals surface area contributed by atoms with Crippen molar-refractivity contribution in [3.63, 3.8) is 0 Å². The number of aromatic nitrogens is 1. The summed E-state index contributed by atoms with van der Waals surface area (Å²) in [4.78, 5) is 26.7. The maximum atomic E-state index is 11.3. The van der Waals surface area contributed by atoms with Crippen molar-refractivity contribution in [1.29, 1.82) is 0 Å². The molecule has 0 bridgehead atoms. The fourth-order valence-corrected chi connectivity index (χ4v) is 2.14. The summed E-state index contributed by atoms with van der Waals surface area (Å²) in [5.74, 6) is -0.266. The average molecular weight is 277 g/mol. The molecule has 20 heavy (non-hydrogen) atoms. The first-order chi connectivity index (χ1) is 9.69. The molecule has 2 heterocycles. The largest absolute Gasteiger partial charge is 0.392 e. The van der Waals surface area contributed by atoms with Crippen LogP contribution in [0, 0.1) is 0 Å². The number of carbonyl (C=O) groups excluding carboxylic acids is 2. The number of hydrogen-bond donors (Lipinski definition) is 2. The molecule has 1 aromatic rings. The fourth-order valence-electron chi connectivity index (χ4n) is 2.14. The minimum absolute atomic E-state index is 0.192. The van der Waals surface area contributed by atoms with Gasteiger partial charge in [-0.05, 0) is 37.3 Å². The maximum absolute atomic E-state index is 11.3. The number of nitrogens with two attached hydrogens (primary N) is 1. The number of hydrogen-bond acceptors (Lipinski definition) is 6. The first-order valence-corrected chi connectivity index (χ1v) is 6.85. The molecule has 0 unspecified atom stereocenters. The Morgan fingerprint density at radius 3 is 3.00 bits per heavy atom. The number of nitrogens with one attached hydrogen (secondary N) is 1. The number of esters is 2. The number of anilines is 1. The third-order valence-electron chi connectivity index (χ3n) is 3.16. The van der Waals surface area contributed by atoms with Crippen LogP contribution in [-0.4, -0.2) is 30.0 Å². The van der Waals surface area contributed by atoms with Crippen LogP contribution in [0.5, 0.6) is 0 Å². The summed E-state index contributed by atoms with van der Waals surface area (Å²) in [5, 5.41) is 3.27. The smallest absolute Gasteiger partial charge is 0.327 e. The Hall–Kier alpha value is -1.95. The average Bonchev–Trinajstić information content (AvgIpc) is 2.47. The predicted molar refractivity (Wildman–Crippen MR) is 74.1 cm³/mol. The van der Waals surface area contributed by atoms with E-state index < -0.39 is 11.9 Å². The van der Waals surface area contributed by atoms with Crippen LogP contribution >= 0.6 is 0 Å². The molecule has 3 N–H and O–H groups in total. The van der Waals surface area contributed by atoms with Gasteiger partial charge < -0.3 is 15.8 Å². The van der Waals surface area contributed by atoms with Gasteiger partial charge in [-0.15, -0.1) is 0 Å². The Kier molecular flexibility index (Phi) is 5.06. The number of fused-ring (bicyclic) bond motifs is 1. The molecular weight excluding hydrogens is 258 g/mol. The topological polar surface area (TPSA) is 94.3 Å². The van der Waals surface area contributed by atoms with Crippen LogP contribution in [0.4, 0.5) is 5.82 Å². The number of carbonyl (C=O) groups is 2. The Morgan fingerprint density at radius 2 is 2.20 bits per heavy atom. The van der Waals surface area contributed by atoms with Crippen LogP contribution in [-0.2, 0) is 27.2 Å². The van der Waals surface area contributed by atoms with Crippen molar-refractivity contribution in [1.82, 2.24) is 4.98 Å². The Bertz CT molecular complexity index is 502. The summed E-state index contributed by atoms with van der Waals surface area (Å²) in [7, 11) is 0. The van der Waals surface area contributed by atoms with Gasteiger partial charge in [-0.2, -0.15) is 0 Å². The summed E-state index contributed by atoms with van der Waals surface area (Å²) in [6.07, 6.45) is 3.67. The number of rotatable bonds is 5. The fraction of sp³-hybridized carbons (Fsp3) is 0.500. The first-order valence-electron chi connectivity index (χ1n) is 6.85. The van der Waals surface area contributed by atoms with Gasteiger partial charge in [0.25, 0.3) is 0 Å². The van der Waals surface area contributed by atoms with Crippen LogP contribution in [0.15, 0.2) is 12.1 Å². The van der Waals surface area contributed by atoms with Gasteiger partial charge in [0.2, 0.25) is 0 Å². The molecule has 1 aliphatic heterocycles. The van der Waals surface area contributed by atoms with Gasteiger partial charge in [0.15, 0.2) is 0 Å². The second-order valence-electron chi connectivity index (χ2n) is 4.74. The molecule has 0 aliphatic carbocycles. The minimum Gasteiger partial charge on any atom is -0.392 e.